The van der Waals surface area contributed by atoms with Gasteiger partial charge in [0.25, 0.3) is 0 Å². The maximum absolute atomic E-state index is 11.3. The highest BCUT2D eigenvalue weighted by atomic mass is 16.5. The molecule has 0 aliphatic carbocycles. The highest BCUT2D eigenvalue weighted by Gasteiger charge is 2.30. The van der Waals surface area contributed by atoms with Crippen molar-refractivity contribution in [3.8, 4) is 0 Å². The molecule has 0 aromatic rings. The SMILES string of the molecule is CCCC(=O)C1OCCC1N. The molecular weight excluding hydrogens is 142 g/mol. The summed E-state index contributed by atoms with van der Waals surface area (Å²) in [5.41, 5.74) is 5.66. The van der Waals surface area contributed by atoms with Gasteiger partial charge in [0.05, 0.1) is 0 Å². The van der Waals surface area contributed by atoms with Gasteiger partial charge in [-0.2, -0.15) is 0 Å². The van der Waals surface area contributed by atoms with E-state index in [2.05, 4.69) is 0 Å². The van der Waals surface area contributed by atoms with Crippen molar-refractivity contribution in [2.24, 2.45) is 5.73 Å². The van der Waals surface area contributed by atoms with Crippen LogP contribution >= 0.6 is 0 Å². The van der Waals surface area contributed by atoms with Crippen molar-refractivity contribution in [2.45, 2.75) is 38.3 Å². The molecule has 0 spiro atoms. The Morgan fingerprint density at radius 1 is 1.73 bits per heavy atom. The number of nitrogens with two attached hydrogens (primary N) is 1. The van der Waals surface area contributed by atoms with E-state index in [0.29, 0.717) is 13.0 Å². The van der Waals surface area contributed by atoms with Crippen molar-refractivity contribution in [3.05, 3.63) is 0 Å². The van der Waals surface area contributed by atoms with Gasteiger partial charge in [0.15, 0.2) is 5.78 Å². The van der Waals surface area contributed by atoms with Crippen LogP contribution in [0.25, 0.3) is 0 Å². The van der Waals surface area contributed by atoms with Crippen molar-refractivity contribution < 1.29 is 9.53 Å². The van der Waals surface area contributed by atoms with Gasteiger partial charge in [-0.3, -0.25) is 4.79 Å². The molecule has 64 valence electrons. The van der Waals surface area contributed by atoms with Crippen LogP contribution in [0.3, 0.4) is 0 Å². The maximum Gasteiger partial charge on any atom is 0.163 e. The summed E-state index contributed by atoms with van der Waals surface area (Å²) in [5, 5.41) is 0. The Hall–Kier alpha value is -0.410. The number of hydrogen-bond acceptors (Lipinski definition) is 3. The number of carbonyl (C=O) groups excluding carboxylic acids is 1. The summed E-state index contributed by atoms with van der Waals surface area (Å²) < 4.78 is 5.20. The Bertz CT molecular complexity index is 147. The third-order valence-electron chi connectivity index (χ3n) is 1.95. The van der Waals surface area contributed by atoms with Gasteiger partial charge >= 0.3 is 0 Å². The summed E-state index contributed by atoms with van der Waals surface area (Å²) >= 11 is 0. The monoisotopic (exact) mass is 157 g/mol. The van der Waals surface area contributed by atoms with Gasteiger partial charge in [-0.05, 0) is 12.8 Å². The molecule has 0 aromatic carbocycles. The second-order valence-electron chi connectivity index (χ2n) is 2.96. The van der Waals surface area contributed by atoms with Crippen molar-refractivity contribution in [2.75, 3.05) is 6.61 Å². The first kappa shape index (κ1) is 8.68. The van der Waals surface area contributed by atoms with Crippen LogP contribution in [0, 0.1) is 0 Å². The number of carbonyl (C=O) groups is 1. The highest BCUT2D eigenvalue weighted by molar-refractivity contribution is 5.84. The molecule has 2 N–H and O–H groups in total. The minimum absolute atomic E-state index is 0.0611. The summed E-state index contributed by atoms with van der Waals surface area (Å²) in [4.78, 5) is 11.3. The Morgan fingerprint density at radius 3 is 2.91 bits per heavy atom. The number of rotatable bonds is 3. The zero-order chi connectivity index (χ0) is 8.27. The highest BCUT2D eigenvalue weighted by Crippen LogP contribution is 2.13. The fourth-order valence-corrected chi connectivity index (χ4v) is 1.33. The molecule has 1 heterocycles. The molecule has 1 rings (SSSR count). The molecule has 0 aromatic heterocycles. The fraction of sp³-hybridized carbons (Fsp3) is 0.875. The summed E-state index contributed by atoms with van der Waals surface area (Å²) in [5.74, 6) is 0.164. The van der Waals surface area contributed by atoms with Crippen molar-refractivity contribution in [1.29, 1.82) is 0 Å². The van der Waals surface area contributed by atoms with Gasteiger partial charge in [0, 0.05) is 19.1 Å². The predicted molar refractivity (Wildman–Crippen MR) is 42.2 cm³/mol. The number of Topliss-reactive ketones (excluding diaryl/α,β-unsaturated/α-hetero) is 1. The molecule has 11 heavy (non-hydrogen) atoms. The smallest absolute Gasteiger partial charge is 0.163 e. The quantitative estimate of drug-likeness (QED) is 0.648. The van der Waals surface area contributed by atoms with Crippen LogP contribution in [0.1, 0.15) is 26.2 Å². The van der Waals surface area contributed by atoms with Gasteiger partial charge < -0.3 is 10.5 Å². The lowest BCUT2D eigenvalue weighted by atomic mass is 10.0. The van der Waals surface area contributed by atoms with E-state index in [1.54, 1.807) is 0 Å². The van der Waals surface area contributed by atoms with Crippen LogP contribution in [-0.4, -0.2) is 24.5 Å². The molecule has 0 saturated carbocycles. The van der Waals surface area contributed by atoms with Crippen molar-refractivity contribution in [1.82, 2.24) is 0 Å². The molecule has 1 saturated heterocycles. The summed E-state index contributed by atoms with van der Waals surface area (Å²) in [6.45, 7) is 2.62. The molecule has 1 fully saturated rings. The van der Waals surface area contributed by atoms with Gasteiger partial charge in [-0.1, -0.05) is 6.92 Å². The van der Waals surface area contributed by atoms with E-state index in [9.17, 15) is 4.79 Å². The van der Waals surface area contributed by atoms with E-state index in [4.69, 9.17) is 10.5 Å². The van der Waals surface area contributed by atoms with Gasteiger partial charge in [0.2, 0.25) is 0 Å². The van der Waals surface area contributed by atoms with Crippen LogP contribution in [0.4, 0.5) is 0 Å². The van der Waals surface area contributed by atoms with Crippen LogP contribution in [0.2, 0.25) is 0 Å². The predicted octanol–water partition coefficient (Wildman–Crippen LogP) is 0.472. The first-order chi connectivity index (χ1) is 5.25. The third kappa shape index (κ3) is 2.01. The summed E-state index contributed by atoms with van der Waals surface area (Å²) in [6.07, 6.45) is 1.99. The van der Waals surface area contributed by atoms with Crippen molar-refractivity contribution in [3.63, 3.8) is 0 Å². The van der Waals surface area contributed by atoms with Crippen molar-refractivity contribution >= 4 is 5.78 Å². The van der Waals surface area contributed by atoms with E-state index in [0.717, 1.165) is 12.8 Å². The van der Waals surface area contributed by atoms with E-state index in [1.165, 1.54) is 0 Å². The molecule has 2 atom stereocenters. The lowest BCUT2D eigenvalue weighted by Crippen LogP contribution is -2.36. The second kappa shape index (κ2) is 3.83. The molecule has 1 aliphatic heterocycles. The van der Waals surface area contributed by atoms with E-state index < -0.39 is 0 Å². The van der Waals surface area contributed by atoms with Crippen LogP contribution in [-0.2, 0) is 9.53 Å². The minimum atomic E-state index is -0.310. The first-order valence-corrected chi connectivity index (χ1v) is 4.15. The number of ether oxygens (including phenoxy) is 1. The Labute approximate surface area is 66.9 Å². The lowest BCUT2D eigenvalue weighted by Gasteiger charge is -2.11. The largest absolute Gasteiger partial charge is 0.369 e. The minimum Gasteiger partial charge on any atom is -0.369 e. The van der Waals surface area contributed by atoms with Crippen LogP contribution in [0.5, 0.6) is 0 Å². The molecule has 0 bridgehead atoms. The molecule has 2 unspecified atom stereocenters. The Kier molecular flexibility index (Phi) is 3.02. The van der Waals surface area contributed by atoms with E-state index >= 15 is 0 Å². The Morgan fingerprint density at radius 2 is 2.45 bits per heavy atom. The summed E-state index contributed by atoms with van der Waals surface area (Å²) in [6, 6.07) is -0.0611. The summed E-state index contributed by atoms with van der Waals surface area (Å²) in [7, 11) is 0. The number of hydrogen-bond donors (Lipinski definition) is 1. The first-order valence-electron chi connectivity index (χ1n) is 4.15. The average Bonchev–Trinajstić information content (AvgIpc) is 2.36. The van der Waals surface area contributed by atoms with Crippen LogP contribution in [0.15, 0.2) is 0 Å². The lowest BCUT2D eigenvalue weighted by molar-refractivity contribution is -0.128. The second-order valence-corrected chi connectivity index (χ2v) is 2.96. The van der Waals surface area contributed by atoms with Gasteiger partial charge in [-0.15, -0.1) is 0 Å². The number of ketones is 1. The zero-order valence-electron chi connectivity index (χ0n) is 6.88. The van der Waals surface area contributed by atoms with E-state index in [-0.39, 0.29) is 17.9 Å². The molecule has 1 aliphatic rings. The standard InChI is InChI=1S/C8H15NO2/c1-2-3-7(10)8-6(9)4-5-11-8/h6,8H,2-5,9H2,1H3. The van der Waals surface area contributed by atoms with E-state index in [1.807, 2.05) is 6.92 Å². The molecule has 3 nitrogen and oxygen atoms in total. The fourth-order valence-electron chi connectivity index (χ4n) is 1.33. The molecule has 0 amide bonds. The normalized spacial score (nSPS) is 30.7. The van der Waals surface area contributed by atoms with Gasteiger partial charge in [0.1, 0.15) is 6.10 Å². The Balaban J connectivity index is 2.39. The topological polar surface area (TPSA) is 52.3 Å². The van der Waals surface area contributed by atoms with Crippen LogP contribution < -0.4 is 5.73 Å². The molecular formula is C8H15NO2. The average molecular weight is 157 g/mol. The molecule has 3 heteroatoms. The zero-order valence-corrected chi connectivity index (χ0v) is 6.88. The third-order valence-corrected chi connectivity index (χ3v) is 1.95. The van der Waals surface area contributed by atoms with Gasteiger partial charge in [-0.25, -0.2) is 0 Å². The maximum atomic E-state index is 11.3. The molecule has 0 radical (unpaired) electrons.